The predicted octanol–water partition coefficient (Wildman–Crippen LogP) is 2.77. The quantitative estimate of drug-likeness (QED) is 0.485. The molecule has 1 aromatic carbocycles. The second-order valence-electron chi connectivity index (χ2n) is 5.80. The lowest BCUT2D eigenvalue weighted by molar-refractivity contribution is -0.161. The van der Waals surface area contributed by atoms with Crippen molar-refractivity contribution >= 4 is 17.8 Å². The number of hydrogen-bond donors (Lipinski definition) is 1. The van der Waals surface area contributed by atoms with Crippen LogP contribution in [0.15, 0.2) is 36.9 Å². The molecular weight excluding hydrogens is 329 g/mol. The number of ketones is 1. The molecule has 1 atom stereocenters. The van der Waals surface area contributed by atoms with Crippen LogP contribution in [0, 0.1) is 11.2 Å². The van der Waals surface area contributed by atoms with Crippen molar-refractivity contribution in [3.05, 3.63) is 42.7 Å². The van der Waals surface area contributed by atoms with Crippen molar-refractivity contribution in [1.29, 1.82) is 0 Å². The Hall–Kier alpha value is -2.70. The number of carbonyl (C=O) groups excluding carboxylic acids is 3. The van der Waals surface area contributed by atoms with Gasteiger partial charge in [0, 0.05) is 13.0 Å². The Balaban J connectivity index is 2.02. The molecule has 0 heterocycles. The maximum absolute atomic E-state index is 12.8. The van der Waals surface area contributed by atoms with Crippen molar-refractivity contribution in [2.75, 3.05) is 13.2 Å². The summed E-state index contributed by atoms with van der Waals surface area (Å²) in [6, 6.07) is 4.91. The number of Topliss-reactive ketones (excluding diaryl/α,β-unsaturated/α-hetero) is 1. The van der Waals surface area contributed by atoms with E-state index in [0.29, 0.717) is 19.3 Å². The Kier molecular flexibility index (Phi) is 6.27. The summed E-state index contributed by atoms with van der Waals surface area (Å²) in [5.74, 6) is -1.23. The minimum Gasteiger partial charge on any atom is -0.461 e. The molecule has 1 unspecified atom stereocenters. The molecule has 0 aromatic heterocycles. The molecule has 6 nitrogen and oxygen atoms in total. The predicted molar refractivity (Wildman–Crippen MR) is 87.5 cm³/mol. The average molecular weight is 349 g/mol. The van der Waals surface area contributed by atoms with Crippen LogP contribution in [-0.2, 0) is 14.3 Å². The van der Waals surface area contributed by atoms with Gasteiger partial charge in [-0.25, -0.2) is 9.18 Å². The van der Waals surface area contributed by atoms with Gasteiger partial charge < -0.3 is 14.8 Å². The lowest BCUT2D eigenvalue weighted by Crippen LogP contribution is -2.51. The van der Waals surface area contributed by atoms with Gasteiger partial charge in [-0.05, 0) is 37.1 Å². The zero-order chi connectivity index (χ0) is 18.3. The number of halogens is 1. The van der Waals surface area contributed by atoms with Crippen LogP contribution in [-0.4, -0.2) is 31.0 Å². The van der Waals surface area contributed by atoms with E-state index in [2.05, 4.69) is 11.9 Å². The molecule has 0 radical (unpaired) electrons. The summed E-state index contributed by atoms with van der Waals surface area (Å²) in [5, 5.41) is 2.44. The Labute approximate surface area is 145 Å². The minimum absolute atomic E-state index is 0.00606. The first kappa shape index (κ1) is 18.6. The van der Waals surface area contributed by atoms with Gasteiger partial charge in [-0.1, -0.05) is 19.1 Å². The van der Waals surface area contributed by atoms with Crippen LogP contribution >= 0.6 is 0 Å². The molecule has 0 spiro atoms. The molecule has 134 valence electrons. The van der Waals surface area contributed by atoms with Crippen molar-refractivity contribution in [1.82, 2.24) is 5.32 Å². The molecule has 1 N–H and O–H groups in total. The van der Waals surface area contributed by atoms with Crippen LogP contribution in [0.25, 0.3) is 0 Å². The lowest BCUT2D eigenvalue weighted by atomic mass is 9.73. The standard InChI is InChI=1S/C18H20FNO5/c1-2-11-24-16(22)18(10-4-3-5-15(18)21)12-20-17(23)25-14-8-6-13(19)7-9-14/h2,6-9H,1,3-5,10-12H2,(H,20,23). The topological polar surface area (TPSA) is 81.7 Å². The van der Waals surface area contributed by atoms with E-state index in [1.54, 1.807) is 0 Å². The van der Waals surface area contributed by atoms with Crippen molar-refractivity contribution in [2.45, 2.75) is 25.7 Å². The number of amides is 1. The fourth-order valence-electron chi connectivity index (χ4n) is 2.71. The van der Waals surface area contributed by atoms with Crippen LogP contribution in [0.1, 0.15) is 25.7 Å². The molecule has 1 amide bonds. The highest BCUT2D eigenvalue weighted by molar-refractivity contribution is 6.04. The van der Waals surface area contributed by atoms with Gasteiger partial charge in [-0.3, -0.25) is 9.59 Å². The van der Waals surface area contributed by atoms with Gasteiger partial charge in [-0.15, -0.1) is 0 Å². The second kappa shape index (κ2) is 8.41. The van der Waals surface area contributed by atoms with E-state index in [0.717, 1.165) is 12.1 Å². The maximum atomic E-state index is 12.8. The van der Waals surface area contributed by atoms with Crippen LogP contribution in [0.5, 0.6) is 5.75 Å². The lowest BCUT2D eigenvalue weighted by Gasteiger charge is -2.33. The molecule has 1 aliphatic rings. The number of benzene rings is 1. The van der Waals surface area contributed by atoms with Crippen molar-refractivity contribution in [2.24, 2.45) is 5.41 Å². The summed E-state index contributed by atoms with van der Waals surface area (Å²) in [6.07, 6.45) is 2.53. The van der Waals surface area contributed by atoms with Gasteiger partial charge in [0.25, 0.3) is 0 Å². The van der Waals surface area contributed by atoms with E-state index >= 15 is 0 Å². The van der Waals surface area contributed by atoms with Gasteiger partial charge in [-0.2, -0.15) is 0 Å². The molecular formula is C18H20FNO5. The van der Waals surface area contributed by atoms with E-state index < -0.39 is 23.3 Å². The molecule has 0 aliphatic heterocycles. The molecule has 25 heavy (non-hydrogen) atoms. The Morgan fingerprint density at radius 3 is 2.64 bits per heavy atom. The van der Waals surface area contributed by atoms with Crippen molar-refractivity contribution < 1.29 is 28.2 Å². The summed E-state index contributed by atoms with van der Waals surface area (Å²) in [5.41, 5.74) is -1.40. The third kappa shape index (κ3) is 4.65. The Morgan fingerprint density at radius 2 is 2.00 bits per heavy atom. The van der Waals surface area contributed by atoms with Crippen molar-refractivity contribution in [3.63, 3.8) is 0 Å². The maximum Gasteiger partial charge on any atom is 0.412 e. The molecule has 1 fully saturated rings. The van der Waals surface area contributed by atoms with E-state index in [1.807, 2.05) is 0 Å². The highest BCUT2D eigenvalue weighted by Crippen LogP contribution is 2.34. The minimum atomic E-state index is -1.40. The fourth-order valence-corrected chi connectivity index (χ4v) is 2.71. The average Bonchev–Trinajstić information content (AvgIpc) is 2.61. The van der Waals surface area contributed by atoms with Crippen LogP contribution in [0.4, 0.5) is 9.18 Å². The number of hydrogen-bond acceptors (Lipinski definition) is 5. The fraction of sp³-hybridized carbons (Fsp3) is 0.389. The van der Waals surface area contributed by atoms with Gasteiger partial charge in [0.15, 0.2) is 5.78 Å². The zero-order valence-electron chi connectivity index (χ0n) is 13.8. The Bertz CT molecular complexity index is 658. The zero-order valence-corrected chi connectivity index (χ0v) is 13.8. The van der Waals surface area contributed by atoms with Crippen LogP contribution < -0.4 is 10.1 Å². The highest BCUT2D eigenvalue weighted by atomic mass is 19.1. The number of esters is 1. The van der Waals surface area contributed by atoms with Gasteiger partial charge >= 0.3 is 12.1 Å². The molecule has 1 aromatic rings. The molecule has 0 bridgehead atoms. The smallest absolute Gasteiger partial charge is 0.412 e. The molecule has 0 saturated heterocycles. The largest absolute Gasteiger partial charge is 0.461 e. The first-order chi connectivity index (χ1) is 12.0. The number of rotatable bonds is 6. The summed E-state index contributed by atoms with van der Waals surface area (Å²) in [7, 11) is 0. The van der Waals surface area contributed by atoms with Crippen LogP contribution in [0.3, 0.4) is 0 Å². The van der Waals surface area contributed by atoms with E-state index in [9.17, 15) is 18.8 Å². The summed E-state index contributed by atoms with van der Waals surface area (Å²) < 4.78 is 22.9. The first-order valence-corrected chi connectivity index (χ1v) is 8.00. The normalized spacial score (nSPS) is 19.8. The van der Waals surface area contributed by atoms with Gasteiger partial charge in [0.05, 0.1) is 0 Å². The summed E-state index contributed by atoms with van der Waals surface area (Å²) in [4.78, 5) is 36.7. The second-order valence-corrected chi connectivity index (χ2v) is 5.80. The monoisotopic (exact) mass is 349 g/mol. The highest BCUT2D eigenvalue weighted by Gasteiger charge is 2.48. The van der Waals surface area contributed by atoms with Gasteiger partial charge in [0.1, 0.15) is 23.6 Å². The molecule has 7 heteroatoms. The molecule has 1 saturated carbocycles. The molecule has 1 aliphatic carbocycles. The first-order valence-electron chi connectivity index (χ1n) is 8.00. The summed E-state index contributed by atoms with van der Waals surface area (Å²) in [6.45, 7) is 3.26. The number of carbonyl (C=O) groups is 3. The molecule has 2 rings (SSSR count). The third-order valence-electron chi connectivity index (χ3n) is 4.07. The van der Waals surface area contributed by atoms with Crippen molar-refractivity contribution in [3.8, 4) is 5.75 Å². The van der Waals surface area contributed by atoms with E-state index in [-0.39, 0.29) is 31.1 Å². The van der Waals surface area contributed by atoms with E-state index in [1.165, 1.54) is 18.2 Å². The van der Waals surface area contributed by atoms with E-state index in [4.69, 9.17) is 9.47 Å². The number of nitrogens with one attached hydrogen (secondary N) is 1. The Morgan fingerprint density at radius 1 is 1.28 bits per heavy atom. The third-order valence-corrected chi connectivity index (χ3v) is 4.07. The van der Waals surface area contributed by atoms with Gasteiger partial charge in [0.2, 0.25) is 0 Å². The summed E-state index contributed by atoms with van der Waals surface area (Å²) >= 11 is 0. The SMILES string of the molecule is C=CCOC(=O)C1(CNC(=O)Oc2ccc(F)cc2)CCCCC1=O. The number of ether oxygens (including phenoxy) is 2. The van der Waals surface area contributed by atoms with Crippen LogP contribution in [0.2, 0.25) is 0 Å².